The normalized spacial score (nSPS) is 10.3. The molecule has 128 valence electrons. The number of carbonyl (C=O) groups excluding carboxylic acids is 1. The Morgan fingerprint density at radius 2 is 1.96 bits per heavy atom. The van der Waals surface area contributed by atoms with Crippen LogP contribution in [0, 0.1) is 12.7 Å². The molecule has 0 heterocycles. The van der Waals surface area contributed by atoms with Gasteiger partial charge in [-0.1, -0.05) is 23.7 Å². The molecule has 0 saturated heterocycles. The molecule has 4 nitrogen and oxygen atoms in total. The standard InChI is InChI=1S/C18H20ClFN2O2/c1-12-9-16(17(24-2)10-15(12)19)21-8-7-18(23)22-11-13-3-5-14(20)6-4-13/h3-6,9-10,21H,7-8,11H2,1-2H3,(H,22,23). The smallest absolute Gasteiger partial charge is 0.222 e. The van der Waals surface area contributed by atoms with Gasteiger partial charge in [0.15, 0.2) is 0 Å². The zero-order valence-corrected chi connectivity index (χ0v) is 14.4. The molecule has 0 fully saturated rings. The number of benzene rings is 2. The van der Waals surface area contributed by atoms with Gasteiger partial charge in [-0.05, 0) is 36.2 Å². The van der Waals surface area contributed by atoms with Gasteiger partial charge >= 0.3 is 0 Å². The lowest BCUT2D eigenvalue weighted by atomic mass is 10.2. The molecule has 2 rings (SSSR count). The first-order chi connectivity index (χ1) is 11.5. The van der Waals surface area contributed by atoms with Crippen LogP contribution >= 0.6 is 11.6 Å². The molecule has 0 atom stereocenters. The quantitative estimate of drug-likeness (QED) is 0.796. The molecule has 24 heavy (non-hydrogen) atoms. The lowest BCUT2D eigenvalue weighted by Gasteiger charge is -2.13. The molecule has 0 unspecified atom stereocenters. The zero-order chi connectivity index (χ0) is 17.5. The molecule has 0 aliphatic heterocycles. The largest absolute Gasteiger partial charge is 0.495 e. The van der Waals surface area contributed by atoms with Crippen molar-refractivity contribution in [1.29, 1.82) is 0 Å². The molecule has 0 saturated carbocycles. The van der Waals surface area contributed by atoms with Crippen molar-refractivity contribution in [2.24, 2.45) is 0 Å². The Balaban J connectivity index is 1.80. The summed E-state index contributed by atoms with van der Waals surface area (Å²) in [4.78, 5) is 11.9. The molecule has 1 amide bonds. The predicted molar refractivity (Wildman–Crippen MR) is 94.1 cm³/mol. The number of halogens is 2. The molecular formula is C18H20ClFN2O2. The molecule has 0 aromatic heterocycles. The van der Waals surface area contributed by atoms with E-state index >= 15 is 0 Å². The number of amides is 1. The van der Waals surface area contributed by atoms with Crippen molar-refractivity contribution in [3.63, 3.8) is 0 Å². The fourth-order valence-corrected chi connectivity index (χ4v) is 2.33. The van der Waals surface area contributed by atoms with E-state index in [0.29, 0.717) is 30.3 Å². The molecule has 0 spiro atoms. The van der Waals surface area contributed by atoms with E-state index in [1.807, 2.05) is 13.0 Å². The summed E-state index contributed by atoms with van der Waals surface area (Å²) >= 11 is 6.06. The van der Waals surface area contributed by atoms with Gasteiger partial charge in [0.05, 0.1) is 12.8 Å². The monoisotopic (exact) mass is 350 g/mol. The summed E-state index contributed by atoms with van der Waals surface area (Å²) in [6, 6.07) is 9.67. The van der Waals surface area contributed by atoms with Gasteiger partial charge in [-0.2, -0.15) is 0 Å². The van der Waals surface area contributed by atoms with Gasteiger partial charge in [0.1, 0.15) is 11.6 Å². The van der Waals surface area contributed by atoms with Gasteiger partial charge in [-0.3, -0.25) is 4.79 Å². The highest BCUT2D eigenvalue weighted by Crippen LogP contribution is 2.30. The van der Waals surface area contributed by atoms with Gasteiger partial charge in [0.25, 0.3) is 0 Å². The average molecular weight is 351 g/mol. The SMILES string of the molecule is COc1cc(Cl)c(C)cc1NCCC(=O)NCc1ccc(F)cc1. The van der Waals surface area contributed by atoms with Gasteiger partial charge in [-0.25, -0.2) is 4.39 Å². The number of rotatable bonds is 7. The van der Waals surface area contributed by atoms with E-state index in [1.165, 1.54) is 12.1 Å². The number of nitrogens with one attached hydrogen (secondary N) is 2. The lowest BCUT2D eigenvalue weighted by molar-refractivity contribution is -0.121. The number of ether oxygens (including phenoxy) is 1. The third-order valence-corrected chi connectivity index (χ3v) is 3.96. The first-order valence-electron chi connectivity index (χ1n) is 7.58. The fourth-order valence-electron chi connectivity index (χ4n) is 2.17. The second kappa shape index (κ2) is 8.55. The first-order valence-corrected chi connectivity index (χ1v) is 7.96. The van der Waals surface area contributed by atoms with Crippen LogP contribution < -0.4 is 15.4 Å². The van der Waals surface area contributed by atoms with Crippen molar-refractivity contribution >= 4 is 23.2 Å². The summed E-state index contributed by atoms with van der Waals surface area (Å²) in [7, 11) is 1.57. The van der Waals surface area contributed by atoms with Crippen LogP contribution in [0.15, 0.2) is 36.4 Å². The van der Waals surface area contributed by atoms with Crippen LogP contribution in [0.2, 0.25) is 5.02 Å². The van der Waals surface area contributed by atoms with E-state index < -0.39 is 0 Å². The molecule has 0 aliphatic rings. The third-order valence-electron chi connectivity index (χ3n) is 3.55. The highest BCUT2D eigenvalue weighted by atomic mass is 35.5. The van der Waals surface area contributed by atoms with Crippen molar-refractivity contribution in [2.45, 2.75) is 19.9 Å². The van der Waals surface area contributed by atoms with E-state index in [4.69, 9.17) is 16.3 Å². The van der Waals surface area contributed by atoms with Crippen molar-refractivity contribution in [3.8, 4) is 5.75 Å². The third kappa shape index (κ3) is 5.13. The second-order valence-electron chi connectivity index (χ2n) is 5.38. The summed E-state index contributed by atoms with van der Waals surface area (Å²) in [5.41, 5.74) is 2.58. The second-order valence-corrected chi connectivity index (χ2v) is 5.79. The summed E-state index contributed by atoms with van der Waals surface area (Å²) in [6.45, 7) is 2.75. The Morgan fingerprint density at radius 3 is 2.62 bits per heavy atom. The molecular weight excluding hydrogens is 331 g/mol. The maximum atomic E-state index is 12.8. The summed E-state index contributed by atoms with van der Waals surface area (Å²) in [5.74, 6) is 0.260. The fraction of sp³-hybridized carbons (Fsp3) is 0.278. The summed E-state index contributed by atoms with van der Waals surface area (Å²) < 4.78 is 18.1. The molecule has 6 heteroatoms. The van der Waals surface area contributed by atoms with Crippen LogP contribution in [-0.4, -0.2) is 19.6 Å². The summed E-state index contributed by atoms with van der Waals surface area (Å²) in [5, 5.41) is 6.61. The van der Waals surface area contributed by atoms with E-state index in [1.54, 1.807) is 25.3 Å². The van der Waals surface area contributed by atoms with E-state index in [9.17, 15) is 9.18 Å². The Morgan fingerprint density at radius 1 is 1.25 bits per heavy atom. The van der Waals surface area contributed by atoms with Crippen LogP contribution in [0.25, 0.3) is 0 Å². The van der Waals surface area contributed by atoms with Crippen LogP contribution in [-0.2, 0) is 11.3 Å². The van der Waals surface area contributed by atoms with Gasteiger partial charge in [0, 0.05) is 30.6 Å². The Labute approximate surface area is 146 Å². The van der Waals surface area contributed by atoms with Crippen molar-refractivity contribution in [2.75, 3.05) is 19.0 Å². The van der Waals surface area contributed by atoms with Crippen LogP contribution in [0.5, 0.6) is 5.75 Å². The average Bonchev–Trinajstić information content (AvgIpc) is 2.57. The number of anilines is 1. The van der Waals surface area contributed by atoms with Crippen LogP contribution in [0.4, 0.5) is 10.1 Å². The molecule has 2 aromatic carbocycles. The number of aryl methyl sites for hydroxylation is 1. The lowest BCUT2D eigenvalue weighted by Crippen LogP contribution is -2.24. The van der Waals surface area contributed by atoms with Crippen molar-refractivity contribution in [3.05, 3.63) is 58.4 Å². The minimum atomic E-state index is -0.290. The number of carbonyl (C=O) groups is 1. The van der Waals surface area contributed by atoms with Crippen LogP contribution in [0.1, 0.15) is 17.5 Å². The number of methoxy groups -OCH3 is 1. The number of hydrogen-bond donors (Lipinski definition) is 2. The van der Waals surface area contributed by atoms with Gasteiger partial charge in [-0.15, -0.1) is 0 Å². The van der Waals surface area contributed by atoms with E-state index in [-0.39, 0.29) is 11.7 Å². The van der Waals surface area contributed by atoms with E-state index in [0.717, 1.165) is 16.8 Å². The predicted octanol–water partition coefficient (Wildman–Crippen LogP) is 3.91. The van der Waals surface area contributed by atoms with Crippen molar-refractivity contribution in [1.82, 2.24) is 5.32 Å². The Bertz CT molecular complexity index is 705. The highest BCUT2D eigenvalue weighted by molar-refractivity contribution is 6.31. The Hall–Kier alpha value is -2.27. The molecule has 2 N–H and O–H groups in total. The molecule has 2 aromatic rings. The zero-order valence-electron chi connectivity index (χ0n) is 13.7. The minimum absolute atomic E-state index is 0.0866. The highest BCUT2D eigenvalue weighted by Gasteiger charge is 2.08. The minimum Gasteiger partial charge on any atom is -0.495 e. The maximum absolute atomic E-state index is 12.8. The van der Waals surface area contributed by atoms with Crippen molar-refractivity contribution < 1.29 is 13.9 Å². The molecule has 0 bridgehead atoms. The topological polar surface area (TPSA) is 50.4 Å². The van der Waals surface area contributed by atoms with E-state index in [2.05, 4.69) is 10.6 Å². The summed E-state index contributed by atoms with van der Waals surface area (Å²) in [6.07, 6.45) is 0.312. The van der Waals surface area contributed by atoms with Gasteiger partial charge < -0.3 is 15.4 Å². The molecule has 0 aliphatic carbocycles. The Kier molecular flexibility index (Phi) is 6.44. The van der Waals surface area contributed by atoms with Gasteiger partial charge in [0.2, 0.25) is 5.91 Å². The van der Waals surface area contributed by atoms with Crippen LogP contribution in [0.3, 0.4) is 0 Å². The number of hydrogen-bond acceptors (Lipinski definition) is 3. The molecule has 0 radical (unpaired) electrons. The first kappa shape index (κ1) is 18.1. The maximum Gasteiger partial charge on any atom is 0.222 e.